The second kappa shape index (κ2) is 7.28. The highest BCUT2D eigenvalue weighted by Gasteiger charge is 2.27. The average molecular weight is 285 g/mol. The molecule has 1 aliphatic carbocycles. The molecule has 0 bridgehead atoms. The molecule has 3 heteroatoms. The van der Waals surface area contributed by atoms with Gasteiger partial charge in [0.1, 0.15) is 0 Å². The Balaban J connectivity index is 2.25. The first-order valence-corrected chi connectivity index (χ1v) is 7.65. The van der Waals surface area contributed by atoms with Gasteiger partial charge in [0, 0.05) is 25.1 Å². The van der Waals surface area contributed by atoms with E-state index in [1.807, 2.05) is 36.9 Å². The number of amides is 1. The first-order chi connectivity index (χ1) is 10.2. The fourth-order valence-corrected chi connectivity index (χ4v) is 2.30. The normalized spacial score (nSPS) is 13.5. The maximum absolute atomic E-state index is 12.8. The van der Waals surface area contributed by atoms with Gasteiger partial charge in [-0.2, -0.15) is 0 Å². The summed E-state index contributed by atoms with van der Waals surface area (Å²) in [4.78, 5) is 14.7. The van der Waals surface area contributed by atoms with Crippen LogP contribution in [0.1, 0.15) is 47.7 Å². The first-order valence-electron chi connectivity index (χ1n) is 7.65. The third kappa shape index (κ3) is 4.34. The molecule has 1 aliphatic rings. The Morgan fingerprint density at radius 3 is 2.81 bits per heavy atom. The van der Waals surface area contributed by atoms with Crippen molar-refractivity contribution >= 4 is 5.91 Å². The van der Waals surface area contributed by atoms with Crippen LogP contribution < -0.4 is 0 Å². The summed E-state index contributed by atoms with van der Waals surface area (Å²) in [7, 11) is 0. The van der Waals surface area contributed by atoms with Crippen LogP contribution in [0.3, 0.4) is 0 Å². The van der Waals surface area contributed by atoms with Gasteiger partial charge in [-0.1, -0.05) is 23.5 Å². The van der Waals surface area contributed by atoms with Gasteiger partial charge in [-0.25, -0.2) is 0 Å². The molecule has 1 fully saturated rings. The number of carbonyl (C=O) groups excluding carboxylic acids is 1. The van der Waals surface area contributed by atoms with Gasteiger partial charge in [-0.3, -0.25) is 4.79 Å². The van der Waals surface area contributed by atoms with Crippen molar-refractivity contribution in [1.29, 1.82) is 0 Å². The monoisotopic (exact) mass is 285 g/mol. The van der Waals surface area contributed by atoms with Crippen LogP contribution in [0.15, 0.2) is 18.2 Å². The Morgan fingerprint density at radius 2 is 2.19 bits per heavy atom. The van der Waals surface area contributed by atoms with E-state index in [4.69, 9.17) is 5.11 Å². The SMILES string of the molecule is CCN(CC1CC1)C(=O)c1cc(C)ccc1C#CCCO. The lowest BCUT2D eigenvalue weighted by Crippen LogP contribution is -2.33. The molecular formula is C18H23NO2. The predicted octanol–water partition coefficient (Wildman–Crippen LogP) is 2.60. The van der Waals surface area contributed by atoms with Gasteiger partial charge < -0.3 is 10.0 Å². The molecule has 0 unspecified atom stereocenters. The van der Waals surface area contributed by atoms with Crippen LogP contribution in [0.5, 0.6) is 0 Å². The van der Waals surface area contributed by atoms with Gasteiger partial charge in [0.05, 0.1) is 12.2 Å². The molecule has 1 saturated carbocycles. The minimum Gasteiger partial charge on any atom is -0.395 e. The second-order valence-electron chi connectivity index (χ2n) is 5.61. The maximum atomic E-state index is 12.8. The zero-order valence-electron chi connectivity index (χ0n) is 12.9. The molecule has 112 valence electrons. The molecule has 2 rings (SSSR count). The number of hydrogen-bond acceptors (Lipinski definition) is 2. The van der Waals surface area contributed by atoms with Crippen LogP contribution in [0.4, 0.5) is 0 Å². The Hall–Kier alpha value is -1.79. The average Bonchev–Trinajstić information content (AvgIpc) is 3.30. The van der Waals surface area contributed by atoms with Gasteiger partial charge in [-0.05, 0) is 44.7 Å². The second-order valence-corrected chi connectivity index (χ2v) is 5.61. The van der Waals surface area contributed by atoms with E-state index in [2.05, 4.69) is 11.8 Å². The van der Waals surface area contributed by atoms with Crippen molar-refractivity contribution in [3.05, 3.63) is 34.9 Å². The van der Waals surface area contributed by atoms with E-state index in [1.54, 1.807) is 0 Å². The van der Waals surface area contributed by atoms with Crippen molar-refractivity contribution in [2.24, 2.45) is 5.92 Å². The Morgan fingerprint density at radius 1 is 1.43 bits per heavy atom. The molecule has 0 radical (unpaired) electrons. The van der Waals surface area contributed by atoms with E-state index in [0.29, 0.717) is 17.9 Å². The van der Waals surface area contributed by atoms with Crippen molar-refractivity contribution < 1.29 is 9.90 Å². The highest BCUT2D eigenvalue weighted by atomic mass is 16.2. The van der Waals surface area contributed by atoms with Crippen LogP contribution in [0, 0.1) is 24.7 Å². The quantitative estimate of drug-likeness (QED) is 0.845. The van der Waals surface area contributed by atoms with E-state index in [-0.39, 0.29) is 12.5 Å². The topological polar surface area (TPSA) is 40.5 Å². The van der Waals surface area contributed by atoms with Gasteiger partial charge in [-0.15, -0.1) is 0 Å². The molecule has 1 aromatic carbocycles. The third-order valence-electron chi connectivity index (χ3n) is 3.71. The Bertz CT molecular complexity index is 564. The molecular weight excluding hydrogens is 262 g/mol. The Kier molecular flexibility index (Phi) is 5.41. The number of rotatable bonds is 5. The van der Waals surface area contributed by atoms with E-state index >= 15 is 0 Å². The van der Waals surface area contributed by atoms with Crippen LogP contribution in [-0.2, 0) is 0 Å². The fourth-order valence-electron chi connectivity index (χ4n) is 2.30. The van der Waals surface area contributed by atoms with Crippen molar-refractivity contribution in [2.75, 3.05) is 19.7 Å². The van der Waals surface area contributed by atoms with Crippen LogP contribution in [-0.4, -0.2) is 35.6 Å². The van der Waals surface area contributed by atoms with Gasteiger partial charge >= 0.3 is 0 Å². The largest absolute Gasteiger partial charge is 0.395 e. The third-order valence-corrected chi connectivity index (χ3v) is 3.71. The zero-order valence-corrected chi connectivity index (χ0v) is 12.9. The first kappa shape index (κ1) is 15.6. The minimum atomic E-state index is 0.0465. The molecule has 0 aromatic heterocycles. The molecule has 1 aromatic rings. The van der Waals surface area contributed by atoms with E-state index in [1.165, 1.54) is 12.8 Å². The standard InChI is InChI=1S/C18H23NO2/c1-3-19(13-15-8-9-15)18(21)17-12-14(2)7-10-16(17)6-4-5-11-20/h7,10,12,15,20H,3,5,8-9,11,13H2,1-2H3. The maximum Gasteiger partial charge on any atom is 0.255 e. The number of nitrogens with zero attached hydrogens (tertiary/aromatic N) is 1. The number of carbonyl (C=O) groups is 1. The zero-order chi connectivity index (χ0) is 15.2. The molecule has 3 nitrogen and oxygen atoms in total. The van der Waals surface area contributed by atoms with Crippen molar-refractivity contribution in [3.8, 4) is 11.8 Å². The number of aryl methyl sites for hydroxylation is 1. The smallest absolute Gasteiger partial charge is 0.255 e. The molecule has 0 heterocycles. The predicted molar refractivity (Wildman–Crippen MR) is 84.1 cm³/mol. The summed E-state index contributed by atoms with van der Waals surface area (Å²) in [6, 6.07) is 5.79. The summed E-state index contributed by atoms with van der Waals surface area (Å²) < 4.78 is 0. The summed E-state index contributed by atoms with van der Waals surface area (Å²) in [5, 5.41) is 8.82. The van der Waals surface area contributed by atoms with Gasteiger partial charge in [0.15, 0.2) is 0 Å². The van der Waals surface area contributed by atoms with E-state index < -0.39 is 0 Å². The van der Waals surface area contributed by atoms with E-state index in [9.17, 15) is 4.79 Å². The number of benzene rings is 1. The molecule has 0 atom stereocenters. The molecule has 1 N–H and O–H groups in total. The van der Waals surface area contributed by atoms with Crippen LogP contribution in [0.2, 0.25) is 0 Å². The van der Waals surface area contributed by atoms with Crippen molar-refractivity contribution in [3.63, 3.8) is 0 Å². The van der Waals surface area contributed by atoms with Gasteiger partial charge in [0.2, 0.25) is 0 Å². The lowest BCUT2D eigenvalue weighted by atomic mass is 10.0. The summed E-state index contributed by atoms with van der Waals surface area (Å²) in [5.74, 6) is 6.67. The van der Waals surface area contributed by atoms with Gasteiger partial charge in [0.25, 0.3) is 5.91 Å². The summed E-state index contributed by atoms with van der Waals surface area (Å²) in [6.45, 7) is 5.64. The molecule has 0 spiro atoms. The number of hydrogen-bond donors (Lipinski definition) is 1. The molecule has 0 saturated heterocycles. The number of aliphatic hydroxyl groups is 1. The van der Waals surface area contributed by atoms with Crippen LogP contribution in [0.25, 0.3) is 0 Å². The van der Waals surface area contributed by atoms with Crippen LogP contribution >= 0.6 is 0 Å². The minimum absolute atomic E-state index is 0.0465. The summed E-state index contributed by atoms with van der Waals surface area (Å²) >= 11 is 0. The Labute approximate surface area is 127 Å². The number of aliphatic hydroxyl groups excluding tert-OH is 1. The lowest BCUT2D eigenvalue weighted by molar-refractivity contribution is 0.0756. The van der Waals surface area contributed by atoms with Crippen molar-refractivity contribution in [1.82, 2.24) is 4.90 Å². The van der Waals surface area contributed by atoms with Crippen molar-refractivity contribution in [2.45, 2.75) is 33.1 Å². The highest BCUT2D eigenvalue weighted by molar-refractivity contribution is 5.97. The lowest BCUT2D eigenvalue weighted by Gasteiger charge is -2.21. The molecule has 1 amide bonds. The fraction of sp³-hybridized carbons (Fsp3) is 0.500. The molecule has 0 aliphatic heterocycles. The summed E-state index contributed by atoms with van der Waals surface area (Å²) in [5.41, 5.74) is 2.50. The molecule has 21 heavy (non-hydrogen) atoms. The summed E-state index contributed by atoms with van der Waals surface area (Å²) in [6.07, 6.45) is 2.91. The highest BCUT2D eigenvalue weighted by Crippen LogP contribution is 2.30. The van der Waals surface area contributed by atoms with E-state index in [0.717, 1.165) is 24.2 Å².